The number of aromatic nitrogens is 4. The summed E-state index contributed by atoms with van der Waals surface area (Å²) in [4.78, 5) is 6.16. The average Bonchev–Trinajstić information content (AvgIpc) is 3.20. The van der Waals surface area contributed by atoms with E-state index in [1.165, 1.54) is 5.56 Å². The van der Waals surface area contributed by atoms with Gasteiger partial charge in [0, 0.05) is 43.5 Å². The molecule has 150 valence electrons. The van der Waals surface area contributed by atoms with E-state index in [0.717, 1.165) is 27.7 Å². The van der Waals surface area contributed by atoms with Crippen molar-refractivity contribution in [2.24, 2.45) is 5.10 Å². The Kier molecular flexibility index (Phi) is 6.20. The van der Waals surface area contributed by atoms with E-state index in [1.807, 2.05) is 62.8 Å². The van der Waals surface area contributed by atoms with Crippen molar-refractivity contribution in [1.82, 2.24) is 19.9 Å². The summed E-state index contributed by atoms with van der Waals surface area (Å²) in [5.41, 5.74) is 4.30. The summed E-state index contributed by atoms with van der Waals surface area (Å²) in [5.74, 6) is 1.48. The lowest BCUT2D eigenvalue weighted by molar-refractivity contribution is 0.772. The quantitative estimate of drug-likeness (QED) is 0.327. The highest BCUT2D eigenvalue weighted by atomic mass is 32.2. The Morgan fingerprint density at radius 2 is 1.67 bits per heavy atom. The van der Waals surface area contributed by atoms with Crippen LogP contribution in [0.2, 0.25) is 0 Å². The zero-order valence-corrected chi connectivity index (χ0v) is 17.7. The molecule has 4 rings (SSSR count). The first-order valence-electron chi connectivity index (χ1n) is 9.55. The van der Waals surface area contributed by atoms with Gasteiger partial charge in [-0.3, -0.25) is 4.98 Å². The van der Waals surface area contributed by atoms with Crippen LogP contribution in [0, 0.1) is 0 Å². The van der Waals surface area contributed by atoms with Crippen LogP contribution in [0.3, 0.4) is 0 Å². The molecule has 0 radical (unpaired) electrons. The van der Waals surface area contributed by atoms with Gasteiger partial charge in [0.15, 0.2) is 5.82 Å². The van der Waals surface area contributed by atoms with Crippen molar-refractivity contribution in [3.05, 3.63) is 90.3 Å². The molecular weight excluding hydrogens is 392 g/mol. The number of nitrogens with zero attached hydrogens (tertiary/aromatic N) is 6. The highest BCUT2D eigenvalue weighted by molar-refractivity contribution is 7.98. The van der Waals surface area contributed by atoms with Gasteiger partial charge < -0.3 is 4.90 Å². The normalized spacial score (nSPS) is 11.1. The summed E-state index contributed by atoms with van der Waals surface area (Å²) in [6.07, 6.45) is 5.32. The third-order valence-electron chi connectivity index (χ3n) is 4.49. The number of hydrogen-bond acceptors (Lipinski definition) is 6. The van der Waals surface area contributed by atoms with E-state index in [0.29, 0.717) is 5.82 Å². The molecule has 0 spiro atoms. The molecule has 0 aliphatic rings. The Morgan fingerprint density at radius 1 is 0.933 bits per heavy atom. The van der Waals surface area contributed by atoms with Gasteiger partial charge in [-0.2, -0.15) is 9.78 Å². The standard InChI is InChI=1S/C23H22N6S/c1-28(2)21-10-8-18(9-11-21)16-25-29-22(20-12-14-24-15-13-20)26-27-23(29)30-17-19-6-4-3-5-7-19/h3-16H,17H2,1-2H3/b25-16+. The Balaban J connectivity index is 1.63. The molecule has 2 aromatic carbocycles. The van der Waals surface area contributed by atoms with Gasteiger partial charge >= 0.3 is 0 Å². The third kappa shape index (κ3) is 4.75. The molecule has 2 aromatic heterocycles. The fraction of sp³-hybridized carbons (Fsp3) is 0.130. The monoisotopic (exact) mass is 414 g/mol. The minimum atomic E-state index is 0.689. The predicted octanol–water partition coefficient (Wildman–Crippen LogP) is 4.58. The zero-order valence-electron chi connectivity index (χ0n) is 16.9. The van der Waals surface area contributed by atoms with E-state index in [9.17, 15) is 0 Å². The molecule has 6 nitrogen and oxygen atoms in total. The first-order chi connectivity index (χ1) is 14.7. The number of anilines is 1. The third-order valence-corrected chi connectivity index (χ3v) is 5.48. The number of thioether (sulfide) groups is 1. The Hall–Kier alpha value is -3.45. The Bertz CT molecular complexity index is 1110. The minimum Gasteiger partial charge on any atom is -0.378 e. The molecule has 0 aliphatic carbocycles. The highest BCUT2D eigenvalue weighted by Crippen LogP contribution is 2.26. The van der Waals surface area contributed by atoms with Crippen molar-refractivity contribution in [1.29, 1.82) is 0 Å². The van der Waals surface area contributed by atoms with Crippen molar-refractivity contribution in [3.63, 3.8) is 0 Å². The molecule has 2 heterocycles. The Labute approximate surface area is 180 Å². The predicted molar refractivity (Wildman–Crippen MR) is 123 cm³/mol. The van der Waals surface area contributed by atoms with Crippen molar-refractivity contribution in [3.8, 4) is 11.4 Å². The van der Waals surface area contributed by atoms with E-state index in [2.05, 4.69) is 44.3 Å². The van der Waals surface area contributed by atoms with Gasteiger partial charge in [0.25, 0.3) is 0 Å². The largest absolute Gasteiger partial charge is 0.378 e. The summed E-state index contributed by atoms with van der Waals surface area (Å²) in [6.45, 7) is 0. The van der Waals surface area contributed by atoms with Gasteiger partial charge in [-0.25, -0.2) is 0 Å². The van der Waals surface area contributed by atoms with Crippen LogP contribution in [0.5, 0.6) is 0 Å². The molecule has 0 amide bonds. The number of rotatable bonds is 7. The van der Waals surface area contributed by atoms with Crippen LogP contribution in [0.4, 0.5) is 5.69 Å². The fourth-order valence-corrected chi connectivity index (χ4v) is 3.69. The second-order valence-corrected chi connectivity index (χ2v) is 7.80. The lowest BCUT2D eigenvalue weighted by Crippen LogP contribution is -2.08. The van der Waals surface area contributed by atoms with Crippen molar-refractivity contribution in [2.45, 2.75) is 10.9 Å². The van der Waals surface area contributed by atoms with Gasteiger partial charge in [0.05, 0.1) is 6.21 Å². The molecule has 0 fully saturated rings. The highest BCUT2D eigenvalue weighted by Gasteiger charge is 2.14. The van der Waals surface area contributed by atoms with E-state index in [4.69, 9.17) is 5.10 Å². The summed E-state index contributed by atoms with van der Waals surface area (Å²) in [5, 5.41) is 14.2. The topological polar surface area (TPSA) is 59.2 Å². The SMILES string of the molecule is CN(C)c1ccc(/C=N/n2c(SCc3ccccc3)nnc2-c2ccncc2)cc1. The molecular formula is C23H22N6S. The van der Waals surface area contributed by atoms with Gasteiger partial charge in [-0.15, -0.1) is 10.2 Å². The number of pyridine rings is 1. The first kappa shape index (κ1) is 19.8. The summed E-state index contributed by atoms with van der Waals surface area (Å²) in [6, 6.07) is 22.4. The molecule has 7 heteroatoms. The van der Waals surface area contributed by atoms with Gasteiger partial charge in [-0.1, -0.05) is 54.2 Å². The summed E-state index contributed by atoms with van der Waals surface area (Å²) < 4.78 is 1.79. The van der Waals surface area contributed by atoms with Crippen LogP contribution in [0.15, 0.2) is 89.4 Å². The maximum Gasteiger partial charge on any atom is 0.212 e. The van der Waals surface area contributed by atoms with Crippen molar-refractivity contribution < 1.29 is 0 Å². The van der Waals surface area contributed by atoms with E-state index in [1.54, 1.807) is 28.8 Å². The van der Waals surface area contributed by atoms with Crippen molar-refractivity contribution in [2.75, 3.05) is 19.0 Å². The lowest BCUT2D eigenvalue weighted by Gasteiger charge is -2.11. The second-order valence-electron chi connectivity index (χ2n) is 6.86. The summed E-state index contributed by atoms with van der Waals surface area (Å²) >= 11 is 1.61. The summed E-state index contributed by atoms with van der Waals surface area (Å²) in [7, 11) is 4.05. The molecule has 0 atom stereocenters. The maximum atomic E-state index is 4.71. The second kappa shape index (κ2) is 9.37. The molecule has 0 bridgehead atoms. The molecule has 0 saturated heterocycles. The van der Waals surface area contributed by atoms with Crippen LogP contribution >= 0.6 is 11.8 Å². The van der Waals surface area contributed by atoms with Crippen molar-refractivity contribution >= 4 is 23.7 Å². The van der Waals surface area contributed by atoms with Gasteiger partial charge in [0.1, 0.15) is 0 Å². The van der Waals surface area contributed by atoms with Crippen LogP contribution < -0.4 is 4.90 Å². The molecule has 0 aliphatic heterocycles. The zero-order chi connectivity index (χ0) is 20.8. The number of hydrogen-bond donors (Lipinski definition) is 0. The molecule has 30 heavy (non-hydrogen) atoms. The van der Waals surface area contributed by atoms with Gasteiger partial charge in [0.2, 0.25) is 5.16 Å². The molecule has 4 aromatic rings. The smallest absolute Gasteiger partial charge is 0.212 e. The van der Waals surface area contributed by atoms with Crippen LogP contribution in [-0.2, 0) is 5.75 Å². The maximum absolute atomic E-state index is 4.71. The molecule has 0 N–H and O–H groups in total. The van der Waals surface area contributed by atoms with E-state index < -0.39 is 0 Å². The average molecular weight is 415 g/mol. The van der Waals surface area contributed by atoms with Crippen LogP contribution in [-0.4, -0.2) is 40.2 Å². The number of benzene rings is 2. The first-order valence-corrected chi connectivity index (χ1v) is 10.5. The van der Waals surface area contributed by atoms with Crippen LogP contribution in [0.1, 0.15) is 11.1 Å². The van der Waals surface area contributed by atoms with Gasteiger partial charge in [-0.05, 0) is 35.4 Å². The minimum absolute atomic E-state index is 0.689. The van der Waals surface area contributed by atoms with Crippen LogP contribution in [0.25, 0.3) is 11.4 Å². The van der Waals surface area contributed by atoms with E-state index in [-0.39, 0.29) is 0 Å². The fourth-order valence-electron chi connectivity index (χ4n) is 2.85. The molecule has 0 unspecified atom stereocenters. The Morgan fingerprint density at radius 3 is 2.37 bits per heavy atom. The molecule has 0 saturated carbocycles. The lowest BCUT2D eigenvalue weighted by atomic mass is 10.2. The van der Waals surface area contributed by atoms with E-state index >= 15 is 0 Å².